The summed E-state index contributed by atoms with van der Waals surface area (Å²) < 4.78 is 11.2. The zero-order chi connectivity index (χ0) is 21.3. The second kappa shape index (κ2) is 13.3. The fourth-order valence-electron chi connectivity index (χ4n) is 3.59. The lowest BCUT2D eigenvalue weighted by Crippen LogP contribution is -2.55. The predicted molar refractivity (Wildman–Crippen MR) is 134 cm³/mol. The van der Waals surface area contributed by atoms with Gasteiger partial charge in [0.05, 0.1) is 31.3 Å². The maximum absolute atomic E-state index is 12.4. The second-order valence-electron chi connectivity index (χ2n) is 7.54. The van der Waals surface area contributed by atoms with Crippen molar-refractivity contribution < 1.29 is 14.3 Å². The van der Waals surface area contributed by atoms with E-state index in [1.54, 1.807) is 7.05 Å². The molecule has 1 N–H and O–H groups in total. The Morgan fingerprint density at radius 1 is 1.16 bits per heavy atom. The van der Waals surface area contributed by atoms with Gasteiger partial charge >= 0.3 is 0 Å². The molecule has 0 bridgehead atoms. The van der Waals surface area contributed by atoms with E-state index in [0.717, 1.165) is 32.1 Å². The van der Waals surface area contributed by atoms with Crippen LogP contribution in [0.5, 0.6) is 5.75 Å². The summed E-state index contributed by atoms with van der Waals surface area (Å²) in [7, 11) is 1.79. The van der Waals surface area contributed by atoms with Crippen LogP contribution in [0.1, 0.15) is 6.92 Å². The van der Waals surface area contributed by atoms with Crippen LogP contribution in [0.4, 0.5) is 0 Å². The van der Waals surface area contributed by atoms with Crippen LogP contribution in [0.2, 0.25) is 5.02 Å². The number of hydrogen-bond acceptors (Lipinski definition) is 5. The third kappa shape index (κ3) is 7.96. The largest absolute Gasteiger partial charge is 0.487 e. The number of hydrogen-bond donors (Lipinski definition) is 1. The number of aliphatic imine (C=N–C) groups is 1. The van der Waals surface area contributed by atoms with Crippen LogP contribution < -0.4 is 10.1 Å². The van der Waals surface area contributed by atoms with E-state index in [9.17, 15) is 4.79 Å². The molecule has 0 spiro atoms. The van der Waals surface area contributed by atoms with E-state index in [2.05, 4.69) is 20.1 Å². The monoisotopic (exact) mass is 565 g/mol. The molecule has 2 aliphatic rings. The van der Waals surface area contributed by atoms with Crippen molar-refractivity contribution in [3.05, 3.63) is 29.3 Å². The van der Waals surface area contributed by atoms with Crippen molar-refractivity contribution in [2.75, 3.05) is 72.6 Å². The molecule has 3 rings (SSSR count). The van der Waals surface area contributed by atoms with Crippen molar-refractivity contribution in [3.63, 3.8) is 0 Å². The Morgan fingerprint density at radius 3 is 2.48 bits per heavy atom. The van der Waals surface area contributed by atoms with Crippen LogP contribution in [0.3, 0.4) is 0 Å². The summed E-state index contributed by atoms with van der Waals surface area (Å²) in [5, 5.41) is 3.99. The van der Waals surface area contributed by atoms with Crippen molar-refractivity contribution in [3.8, 4) is 5.75 Å². The normalized spacial score (nSPS) is 18.9. The van der Waals surface area contributed by atoms with Gasteiger partial charge in [0.15, 0.2) is 5.96 Å². The highest BCUT2D eigenvalue weighted by atomic mass is 127. The summed E-state index contributed by atoms with van der Waals surface area (Å²) in [5.41, 5.74) is 0. The first-order valence-corrected chi connectivity index (χ1v) is 10.9. The van der Waals surface area contributed by atoms with Crippen LogP contribution in [0.15, 0.2) is 29.3 Å². The summed E-state index contributed by atoms with van der Waals surface area (Å²) in [6.07, 6.45) is -0.0610. The minimum absolute atomic E-state index is 0. The van der Waals surface area contributed by atoms with Gasteiger partial charge in [0.1, 0.15) is 11.9 Å². The number of nitrogens with one attached hydrogen (secondary N) is 1. The average Bonchev–Trinajstić information content (AvgIpc) is 2.77. The van der Waals surface area contributed by atoms with Crippen molar-refractivity contribution in [2.24, 2.45) is 4.99 Å². The standard InChI is InChI=1S/C21H32ClN5O3.HI/c1-17(30-19-6-4-3-5-18(19)22)15-24-21(23-2)27-9-7-25(8-10-27)16-20(28)26-11-13-29-14-12-26;/h3-6,17H,7-16H2,1-2H3,(H,23,24);1H. The van der Waals surface area contributed by atoms with Crippen LogP contribution in [-0.2, 0) is 9.53 Å². The van der Waals surface area contributed by atoms with Crippen LogP contribution in [0, 0.1) is 0 Å². The maximum atomic E-state index is 12.4. The molecule has 0 saturated carbocycles. The molecule has 31 heavy (non-hydrogen) atoms. The van der Waals surface area contributed by atoms with Gasteiger partial charge in [0, 0.05) is 46.3 Å². The number of carbonyl (C=O) groups excluding carboxylic acids is 1. The minimum atomic E-state index is -0.0610. The number of halogens is 2. The molecule has 1 atom stereocenters. The van der Waals surface area contributed by atoms with E-state index in [0.29, 0.717) is 50.2 Å². The topological polar surface area (TPSA) is 69.6 Å². The zero-order valence-corrected chi connectivity index (χ0v) is 21.3. The molecule has 0 aliphatic carbocycles. The molecule has 2 fully saturated rings. The fourth-order valence-corrected chi connectivity index (χ4v) is 3.77. The average molecular weight is 566 g/mol. The number of para-hydroxylation sites is 1. The lowest BCUT2D eigenvalue weighted by Gasteiger charge is -2.37. The minimum Gasteiger partial charge on any atom is -0.487 e. The summed E-state index contributed by atoms with van der Waals surface area (Å²) in [5.74, 6) is 1.73. The van der Waals surface area contributed by atoms with Gasteiger partial charge in [-0.15, -0.1) is 24.0 Å². The first-order chi connectivity index (χ1) is 14.6. The van der Waals surface area contributed by atoms with Crippen molar-refractivity contribution in [2.45, 2.75) is 13.0 Å². The van der Waals surface area contributed by atoms with E-state index in [-0.39, 0.29) is 36.0 Å². The molecule has 1 unspecified atom stereocenters. The van der Waals surface area contributed by atoms with Gasteiger partial charge in [0.25, 0.3) is 0 Å². The van der Waals surface area contributed by atoms with Crippen molar-refractivity contribution in [1.29, 1.82) is 0 Å². The molecule has 1 amide bonds. The summed E-state index contributed by atoms with van der Waals surface area (Å²) >= 11 is 6.16. The highest BCUT2D eigenvalue weighted by Crippen LogP contribution is 2.24. The lowest BCUT2D eigenvalue weighted by atomic mass is 10.3. The molecule has 2 heterocycles. The molecule has 174 valence electrons. The van der Waals surface area contributed by atoms with Gasteiger partial charge in [-0.2, -0.15) is 0 Å². The van der Waals surface area contributed by atoms with Gasteiger partial charge in [-0.25, -0.2) is 0 Å². The number of benzene rings is 1. The van der Waals surface area contributed by atoms with E-state index >= 15 is 0 Å². The number of ether oxygens (including phenoxy) is 2. The number of amides is 1. The number of guanidine groups is 1. The fraction of sp³-hybridized carbons (Fsp3) is 0.619. The second-order valence-corrected chi connectivity index (χ2v) is 7.95. The van der Waals surface area contributed by atoms with Gasteiger partial charge in [-0.05, 0) is 19.1 Å². The molecular weight excluding hydrogens is 533 g/mol. The SMILES string of the molecule is CN=C(NCC(C)Oc1ccccc1Cl)N1CCN(CC(=O)N2CCOCC2)CC1.I. The zero-order valence-electron chi connectivity index (χ0n) is 18.3. The molecule has 1 aromatic rings. The smallest absolute Gasteiger partial charge is 0.236 e. The third-order valence-electron chi connectivity index (χ3n) is 5.32. The number of piperazine rings is 1. The Kier molecular flexibility index (Phi) is 11.1. The van der Waals surface area contributed by atoms with Gasteiger partial charge in [0.2, 0.25) is 5.91 Å². The molecule has 2 saturated heterocycles. The maximum Gasteiger partial charge on any atom is 0.236 e. The Labute approximate surface area is 206 Å². The van der Waals surface area contributed by atoms with E-state index in [1.807, 2.05) is 36.1 Å². The molecule has 10 heteroatoms. The summed E-state index contributed by atoms with van der Waals surface area (Å²) in [4.78, 5) is 23.2. The Bertz CT molecular complexity index is 725. The van der Waals surface area contributed by atoms with Gasteiger partial charge in [-0.3, -0.25) is 14.7 Å². The highest BCUT2D eigenvalue weighted by molar-refractivity contribution is 14.0. The molecule has 0 radical (unpaired) electrons. The van der Waals surface area contributed by atoms with Crippen LogP contribution in [-0.4, -0.2) is 105 Å². The van der Waals surface area contributed by atoms with Crippen LogP contribution >= 0.6 is 35.6 Å². The first kappa shape index (κ1) is 26.0. The summed E-state index contributed by atoms with van der Waals surface area (Å²) in [6.45, 7) is 9.10. The highest BCUT2D eigenvalue weighted by Gasteiger charge is 2.24. The Hall–Kier alpha value is -1.30. The molecular formula is C21H33ClIN5O3. The number of morpholine rings is 1. The molecule has 8 nitrogen and oxygen atoms in total. The quantitative estimate of drug-likeness (QED) is 0.322. The first-order valence-electron chi connectivity index (χ1n) is 10.5. The van der Waals surface area contributed by atoms with Crippen LogP contribution in [0.25, 0.3) is 0 Å². The van der Waals surface area contributed by atoms with Crippen molar-refractivity contribution in [1.82, 2.24) is 20.0 Å². The number of rotatable bonds is 6. The van der Waals surface area contributed by atoms with Gasteiger partial charge in [-0.1, -0.05) is 23.7 Å². The number of nitrogens with zero attached hydrogens (tertiary/aromatic N) is 4. The van der Waals surface area contributed by atoms with E-state index in [1.165, 1.54) is 0 Å². The van der Waals surface area contributed by atoms with E-state index < -0.39 is 0 Å². The third-order valence-corrected chi connectivity index (χ3v) is 5.63. The Morgan fingerprint density at radius 2 is 1.84 bits per heavy atom. The predicted octanol–water partition coefficient (Wildman–Crippen LogP) is 1.78. The number of carbonyl (C=O) groups is 1. The molecule has 2 aliphatic heterocycles. The van der Waals surface area contributed by atoms with Crippen molar-refractivity contribution >= 4 is 47.4 Å². The molecule has 1 aromatic carbocycles. The molecule has 0 aromatic heterocycles. The van der Waals surface area contributed by atoms with E-state index in [4.69, 9.17) is 21.1 Å². The summed E-state index contributed by atoms with van der Waals surface area (Å²) in [6, 6.07) is 7.47. The lowest BCUT2D eigenvalue weighted by molar-refractivity contribution is -0.136. The Balaban J connectivity index is 0.00000341. The van der Waals surface area contributed by atoms with Gasteiger partial charge < -0.3 is 24.6 Å².